The molecule has 1 atom stereocenters. The first-order valence-corrected chi connectivity index (χ1v) is 8.04. The van der Waals surface area contributed by atoms with Crippen LogP contribution in [0.3, 0.4) is 0 Å². The second-order valence-electron chi connectivity index (χ2n) is 5.18. The Morgan fingerprint density at radius 3 is 2.70 bits per heavy atom. The quantitative estimate of drug-likeness (QED) is 0.840. The first kappa shape index (κ1) is 15.8. The Hall–Kier alpha value is -2.05. The van der Waals surface area contributed by atoms with E-state index in [1.165, 1.54) is 0 Å². The largest absolute Gasteiger partial charge is 0.454 e. The first-order chi connectivity index (χ1) is 11.1. The fraction of sp³-hybridized carbons (Fsp3) is 0.235. The number of halogens is 1. The molecule has 1 heterocycles. The van der Waals surface area contributed by atoms with Crippen LogP contribution in [0, 0.1) is 0 Å². The summed E-state index contributed by atoms with van der Waals surface area (Å²) in [7, 11) is 0. The van der Waals surface area contributed by atoms with Crippen LogP contribution >= 0.6 is 15.9 Å². The molecule has 6 heteroatoms. The number of hydrogen-bond acceptors (Lipinski definition) is 4. The van der Waals surface area contributed by atoms with Gasteiger partial charge >= 0.3 is 0 Å². The van der Waals surface area contributed by atoms with Crippen molar-refractivity contribution in [3.8, 4) is 11.5 Å². The molecule has 1 aliphatic heterocycles. The van der Waals surface area contributed by atoms with Gasteiger partial charge < -0.3 is 19.9 Å². The lowest BCUT2D eigenvalue weighted by Gasteiger charge is -2.12. The van der Waals surface area contributed by atoms with Crippen LogP contribution in [0.4, 0.5) is 0 Å². The topological polar surface area (TPSA) is 67.8 Å². The Morgan fingerprint density at radius 2 is 1.91 bits per heavy atom. The molecule has 0 saturated carbocycles. The van der Waals surface area contributed by atoms with Crippen LogP contribution in [0.2, 0.25) is 0 Å². The van der Waals surface area contributed by atoms with Crippen molar-refractivity contribution in [1.29, 1.82) is 0 Å². The SMILES string of the molecule is O=C(NCCC(O)c1ccc2c(c1)OCO2)c1ccc(Br)cc1. The summed E-state index contributed by atoms with van der Waals surface area (Å²) in [4.78, 5) is 12.0. The fourth-order valence-corrected chi connectivity index (χ4v) is 2.58. The van der Waals surface area contributed by atoms with Crippen molar-refractivity contribution in [2.24, 2.45) is 0 Å². The number of carbonyl (C=O) groups excluding carboxylic acids is 1. The summed E-state index contributed by atoms with van der Waals surface area (Å²) in [6.45, 7) is 0.586. The summed E-state index contributed by atoms with van der Waals surface area (Å²) < 4.78 is 11.5. The zero-order valence-corrected chi connectivity index (χ0v) is 13.9. The van der Waals surface area contributed by atoms with Gasteiger partial charge in [-0.15, -0.1) is 0 Å². The van der Waals surface area contributed by atoms with E-state index in [-0.39, 0.29) is 12.7 Å². The van der Waals surface area contributed by atoms with E-state index >= 15 is 0 Å². The summed E-state index contributed by atoms with van der Waals surface area (Å²) in [5.41, 5.74) is 1.33. The van der Waals surface area contributed by atoms with Crippen molar-refractivity contribution < 1.29 is 19.4 Å². The second-order valence-corrected chi connectivity index (χ2v) is 6.10. The highest BCUT2D eigenvalue weighted by Gasteiger charge is 2.16. The number of amides is 1. The molecule has 1 aliphatic rings. The molecule has 2 N–H and O–H groups in total. The molecule has 120 valence electrons. The second kappa shape index (κ2) is 7.02. The predicted octanol–water partition coefficient (Wildman–Crippen LogP) is 3.03. The van der Waals surface area contributed by atoms with Gasteiger partial charge in [0.15, 0.2) is 11.5 Å². The van der Waals surface area contributed by atoms with Gasteiger partial charge in [0.05, 0.1) is 6.10 Å². The molecule has 0 saturated heterocycles. The van der Waals surface area contributed by atoms with E-state index in [0.717, 1.165) is 10.0 Å². The lowest BCUT2D eigenvalue weighted by atomic mass is 10.1. The summed E-state index contributed by atoms with van der Waals surface area (Å²) in [6, 6.07) is 12.5. The van der Waals surface area contributed by atoms with Gasteiger partial charge in [0.1, 0.15) is 0 Å². The number of carbonyl (C=O) groups is 1. The summed E-state index contributed by atoms with van der Waals surface area (Å²) in [5, 5.41) is 13.0. The summed E-state index contributed by atoms with van der Waals surface area (Å²) >= 11 is 3.33. The van der Waals surface area contributed by atoms with E-state index in [1.807, 2.05) is 12.1 Å². The van der Waals surface area contributed by atoms with Crippen molar-refractivity contribution in [1.82, 2.24) is 5.32 Å². The van der Waals surface area contributed by atoms with Crippen molar-refractivity contribution in [2.75, 3.05) is 13.3 Å². The van der Waals surface area contributed by atoms with E-state index in [9.17, 15) is 9.90 Å². The number of aliphatic hydroxyl groups is 1. The highest BCUT2D eigenvalue weighted by molar-refractivity contribution is 9.10. The van der Waals surface area contributed by atoms with Crippen molar-refractivity contribution in [3.63, 3.8) is 0 Å². The average molecular weight is 378 g/mol. The molecule has 0 aromatic heterocycles. The minimum atomic E-state index is -0.672. The van der Waals surface area contributed by atoms with Crippen LogP contribution in [-0.4, -0.2) is 24.4 Å². The lowest BCUT2D eigenvalue weighted by Crippen LogP contribution is -2.25. The number of ether oxygens (including phenoxy) is 2. The average Bonchev–Trinajstić information content (AvgIpc) is 3.02. The molecule has 2 aromatic rings. The minimum absolute atomic E-state index is 0.157. The van der Waals surface area contributed by atoms with Crippen LogP contribution in [0.1, 0.15) is 28.4 Å². The third-order valence-corrected chi connectivity index (χ3v) is 4.12. The highest BCUT2D eigenvalue weighted by Crippen LogP contribution is 2.34. The molecule has 0 radical (unpaired) electrons. The van der Waals surface area contributed by atoms with Crippen LogP contribution in [0.15, 0.2) is 46.9 Å². The molecule has 1 unspecified atom stereocenters. The molecule has 0 bridgehead atoms. The molecule has 23 heavy (non-hydrogen) atoms. The molecule has 2 aromatic carbocycles. The standard InChI is InChI=1S/C17H16BrNO4/c18-13-4-1-11(2-5-13)17(21)19-8-7-14(20)12-3-6-15-16(9-12)23-10-22-15/h1-6,9,14,20H,7-8,10H2,(H,19,21). The van der Waals surface area contributed by atoms with Crippen LogP contribution in [-0.2, 0) is 0 Å². The van der Waals surface area contributed by atoms with Crippen LogP contribution < -0.4 is 14.8 Å². The lowest BCUT2D eigenvalue weighted by molar-refractivity contribution is 0.0942. The Labute approximate surface area is 142 Å². The summed E-state index contributed by atoms with van der Waals surface area (Å²) in [6.07, 6.45) is -0.253. The molecular weight excluding hydrogens is 362 g/mol. The molecule has 3 rings (SSSR count). The predicted molar refractivity (Wildman–Crippen MR) is 88.6 cm³/mol. The third kappa shape index (κ3) is 3.83. The van der Waals surface area contributed by atoms with Crippen LogP contribution in [0.25, 0.3) is 0 Å². The minimum Gasteiger partial charge on any atom is -0.454 e. The smallest absolute Gasteiger partial charge is 0.251 e. The van der Waals surface area contributed by atoms with E-state index < -0.39 is 6.10 Å². The number of fused-ring (bicyclic) bond motifs is 1. The molecule has 5 nitrogen and oxygen atoms in total. The van der Waals surface area contributed by atoms with E-state index in [4.69, 9.17) is 9.47 Å². The van der Waals surface area contributed by atoms with Crippen molar-refractivity contribution in [2.45, 2.75) is 12.5 Å². The Bertz CT molecular complexity index is 702. The van der Waals surface area contributed by atoms with Gasteiger partial charge in [0.25, 0.3) is 5.91 Å². The van der Waals surface area contributed by atoms with Crippen molar-refractivity contribution in [3.05, 3.63) is 58.1 Å². The Balaban J connectivity index is 1.52. The number of hydrogen-bond donors (Lipinski definition) is 2. The van der Waals surface area contributed by atoms with Gasteiger partial charge in [-0.25, -0.2) is 0 Å². The van der Waals surface area contributed by atoms with Gasteiger partial charge in [0.2, 0.25) is 6.79 Å². The van der Waals surface area contributed by atoms with Crippen LogP contribution in [0.5, 0.6) is 11.5 Å². The maximum atomic E-state index is 12.0. The highest BCUT2D eigenvalue weighted by atomic mass is 79.9. The zero-order valence-electron chi connectivity index (χ0n) is 12.3. The molecule has 0 aliphatic carbocycles. The van der Waals surface area contributed by atoms with Crippen molar-refractivity contribution >= 4 is 21.8 Å². The van der Waals surface area contributed by atoms with Gasteiger partial charge in [-0.1, -0.05) is 22.0 Å². The van der Waals surface area contributed by atoms with Gasteiger partial charge in [-0.2, -0.15) is 0 Å². The Morgan fingerprint density at radius 1 is 1.17 bits per heavy atom. The molecule has 0 spiro atoms. The maximum Gasteiger partial charge on any atom is 0.251 e. The number of rotatable bonds is 5. The monoisotopic (exact) mass is 377 g/mol. The number of aliphatic hydroxyl groups excluding tert-OH is 1. The molecule has 0 fully saturated rings. The van der Waals surface area contributed by atoms with Gasteiger partial charge in [-0.05, 0) is 48.4 Å². The molecular formula is C17H16BrNO4. The van der Waals surface area contributed by atoms with E-state index in [2.05, 4.69) is 21.2 Å². The van der Waals surface area contributed by atoms with Gasteiger partial charge in [0, 0.05) is 16.6 Å². The number of benzene rings is 2. The first-order valence-electron chi connectivity index (χ1n) is 7.25. The zero-order chi connectivity index (χ0) is 16.2. The third-order valence-electron chi connectivity index (χ3n) is 3.59. The Kier molecular flexibility index (Phi) is 4.83. The van der Waals surface area contributed by atoms with Gasteiger partial charge in [-0.3, -0.25) is 4.79 Å². The maximum absolute atomic E-state index is 12.0. The number of nitrogens with one attached hydrogen (secondary N) is 1. The van der Waals surface area contributed by atoms with E-state index in [1.54, 1.807) is 30.3 Å². The van der Waals surface area contributed by atoms with E-state index in [0.29, 0.717) is 30.0 Å². The normalized spacial score (nSPS) is 13.7. The molecule has 1 amide bonds. The fourth-order valence-electron chi connectivity index (χ4n) is 2.31. The summed E-state index contributed by atoms with van der Waals surface area (Å²) in [5.74, 6) is 1.17.